The minimum Gasteiger partial charge on any atom is -0.376 e. The average molecular weight is 437 g/mol. The standard InChI is InChI=1S/C23H24N4O3S/c1-2-25-18-10-4-5-11-19(18)26(23(25)29)15-21(28)27(14-16-8-7-13-30-16)22-24-17-9-3-6-12-20(17)31-22/h3-6,9-12,16H,2,7-8,13-15H2,1H3/t16-/m0/s1. The van der Waals surface area contributed by atoms with Gasteiger partial charge in [0.25, 0.3) is 0 Å². The monoisotopic (exact) mass is 436 g/mol. The molecule has 1 saturated heterocycles. The molecule has 1 aliphatic heterocycles. The molecule has 1 fully saturated rings. The second-order valence-corrected chi connectivity index (χ2v) is 8.71. The Morgan fingerprint density at radius 3 is 2.61 bits per heavy atom. The number of amides is 1. The number of aryl methyl sites for hydroxylation is 1. The van der Waals surface area contributed by atoms with Crippen molar-refractivity contribution >= 4 is 43.6 Å². The van der Waals surface area contributed by atoms with Gasteiger partial charge in [0, 0.05) is 13.2 Å². The van der Waals surface area contributed by atoms with Gasteiger partial charge in [0.1, 0.15) is 6.54 Å². The van der Waals surface area contributed by atoms with Crippen molar-refractivity contribution < 1.29 is 9.53 Å². The van der Waals surface area contributed by atoms with E-state index in [2.05, 4.69) is 0 Å². The quantitative estimate of drug-likeness (QED) is 0.463. The van der Waals surface area contributed by atoms with Gasteiger partial charge >= 0.3 is 5.69 Å². The van der Waals surface area contributed by atoms with Gasteiger partial charge < -0.3 is 4.74 Å². The zero-order chi connectivity index (χ0) is 21.4. The number of nitrogens with zero attached hydrogens (tertiary/aromatic N) is 4. The van der Waals surface area contributed by atoms with E-state index in [9.17, 15) is 9.59 Å². The van der Waals surface area contributed by atoms with Gasteiger partial charge in [-0.05, 0) is 44.0 Å². The average Bonchev–Trinajstić information content (AvgIpc) is 3.50. The molecule has 2 aromatic heterocycles. The van der Waals surface area contributed by atoms with Crippen LogP contribution < -0.4 is 10.6 Å². The summed E-state index contributed by atoms with van der Waals surface area (Å²) in [6.45, 7) is 3.62. The molecular weight excluding hydrogens is 412 g/mol. The van der Waals surface area contributed by atoms with Crippen molar-refractivity contribution in [1.82, 2.24) is 14.1 Å². The van der Waals surface area contributed by atoms with E-state index in [0.29, 0.717) is 18.2 Å². The molecule has 3 heterocycles. The molecule has 1 aliphatic rings. The second kappa shape index (κ2) is 8.28. The van der Waals surface area contributed by atoms with E-state index in [-0.39, 0.29) is 24.2 Å². The normalized spacial score (nSPS) is 16.4. The summed E-state index contributed by atoms with van der Waals surface area (Å²) >= 11 is 1.49. The number of aromatic nitrogens is 3. The molecule has 5 rings (SSSR count). The predicted molar refractivity (Wildman–Crippen MR) is 123 cm³/mol. The highest BCUT2D eigenvalue weighted by molar-refractivity contribution is 7.22. The molecule has 0 aliphatic carbocycles. The molecule has 1 atom stereocenters. The van der Waals surface area contributed by atoms with Gasteiger partial charge in [0.05, 0.1) is 33.9 Å². The van der Waals surface area contributed by atoms with Crippen LogP contribution in [0, 0.1) is 0 Å². The van der Waals surface area contributed by atoms with Gasteiger partial charge in [0.15, 0.2) is 5.13 Å². The maximum atomic E-state index is 13.5. The zero-order valence-corrected chi connectivity index (χ0v) is 18.2. The van der Waals surface area contributed by atoms with Crippen LogP contribution >= 0.6 is 11.3 Å². The number of anilines is 1. The van der Waals surface area contributed by atoms with Crippen LogP contribution in [0.25, 0.3) is 21.3 Å². The second-order valence-electron chi connectivity index (χ2n) is 7.71. The molecule has 8 heteroatoms. The zero-order valence-electron chi connectivity index (χ0n) is 17.4. The molecule has 0 bridgehead atoms. The number of para-hydroxylation sites is 3. The Morgan fingerprint density at radius 1 is 1.16 bits per heavy atom. The molecule has 4 aromatic rings. The number of imidazole rings is 1. The van der Waals surface area contributed by atoms with Crippen LogP contribution in [0.3, 0.4) is 0 Å². The van der Waals surface area contributed by atoms with Crippen LogP contribution in [0.5, 0.6) is 0 Å². The number of fused-ring (bicyclic) bond motifs is 2. The molecule has 0 saturated carbocycles. The van der Waals surface area contributed by atoms with E-state index >= 15 is 0 Å². The number of benzene rings is 2. The minimum atomic E-state index is -0.168. The molecule has 0 spiro atoms. The maximum Gasteiger partial charge on any atom is 0.329 e. The number of carbonyl (C=O) groups is 1. The number of hydrogen-bond donors (Lipinski definition) is 0. The van der Waals surface area contributed by atoms with Crippen molar-refractivity contribution in [2.24, 2.45) is 0 Å². The van der Waals surface area contributed by atoms with E-state index in [1.165, 1.54) is 11.3 Å². The van der Waals surface area contributed by atoms with Crippen molar-refractivity contribution in [3.05, 3.63) is 59.0 Å². The third-order valence-electron chi connectivity index (χ3n) is 5.76. The van der Waals surface area contributed by atoms with Gasteiger partial charge in [-0.2, -0.15) is 0 Å². The molecule has 0 unspecified atom stereocenters. The van der Waals surface area contributed by atoms with Gasteiger partial charge in [0.2, 0.25) is 5.91 Å². The third-order valence-corrected chi connectivity index (χ3v) is 6.82. The Kier molecular flexibility index (Phi) is 5.33. The number of carbonyl (C=O) groups excluding carboxylic acids is 1. The minimum absolute atomic E-state index is 0.00957. The van der Waals surface area contributed by atoms with E-state index in [4.69, 9.17) is 9.72 Å². The summed E-state index contributed by atoms with van der Waals surface area (Å²) in [6.07, 6.45) is 1.91. The molecular formula is C23H24N4O3S. The first-order valence-electron chi connectivity index (χ1n) is 10.6. The Hall–Kier alpha value is -2.97. The Labute approximate surface area is 183 Å². The summed E-state index contributed by atoms with van der Waals surface area (Å²) in [4.78, 5) is 33.0. The number of hydrogen-bond acceptors (Lipinski definition) is 5. The number of thiazole rings is 1. The lowest BCUT2D eigenvalue weighted by molar-refractivity contribution is -0.119. The molecule has 1 amide bonds. The van der Waals surface area contributed by atoms with Gasteiger partial charge in [-0.15, -0.1) is 0 Å². The largest absolute Gasteiger partial charge is 0.376 e. The van der Waals surface area contributed by atoms with Gasteiger partial charge in [-0.25, -0.2) is 9.78 Å². The fraction of sp³-hybridized carbons (Fsp3) is 0.348. The highest BCUT2D eigenvalue weighted by atomic mass is 32.1. The molecule has 2 aromatic carbocycles. The van der Waals surface area contributed by atoms with Crippen LogP contribution in [0.4, 0.5) is 5.13 Å². The van der Waals surface area contributed by atoms with Crippen molar-refractivity contribution in [2.75, 3.05) is 18.1 Å². The topological polar surface area (TPSA) is 69.4 Å². The Morgan fingerprint density at radius 2 is 1.90 bits per heavy atom. The van der Waals surface area contributed by atoms with E-state index < -0.39 is 0 Å². The van der Waals surface area contributed by atoms with Gasteiger partial charge in [-0.1, -0.05) is 35.6 Å². The molecule has 0 N–H and O–H groups in total. The van der Waals surface area contributed by atoms with E-state index in [0.717, 1.165) is 40.7 Å². The van der Waals surface area contributed by atoms with E-state index in [1.807, 2.05) is 55.5 Å². The van der Waals surface area contributed by atoms with Crippen molar-refractivity contribution in [1.29, 1.82) is 0 Å². The highest BCUT2D eigenvalue weighted by Gasteiger charge is 2.27. The summed E-state index contributed by atoms with van der Waals surface area (Å²) in [7, 11) is 0. The van der Waals surface area contributed by atoms with E-state index in [1.54, 1.807) is 14.0 Å². The maximum absolute atomic E-state index is 13.5. The first-order valence-corrected chi connectivity index (χ1v) is 11.4. The first-order chi connectivity index (χ1) is 15.2. The Bertz CT molecular complexity index is 1270. The van der Waals surface area contributed by atoms with Gasteiger partial charge in [-0.3, -0.25) is 18.8 Å². The first kappa shape index (κ1) is 20.0. The summed E-state index contributed by atoms with van der Waals surface area (Å²) in [6, 6.07) is 15.5. The fourth-order valence-electron chi connectivity index (χ4n) is 4.21. The molecule has 31 heavy (non-hydrogen) atoms. The summed E-state index contributed by atoms with van der Waals surface area (Å²) in [5.41, 5.74) is 2.31. The predicted octanol–water partition coefficient (Wildman–Crippen LogP) is 3.64. The van der Waals surface area contributed by atoms with Crippen LogP contribution in [-0.4, -0.2) is 39.3 Å². The van der Waals surface area contributed by atoms with Crippen LogP contribution in [0.15, 0.2) is 53.3 Å². The lowest BCUT2D eigenvalue weighted by atomic mass is 10.2. The summed E-state index contributed by atoms with van der Waals surface area (Å²) in [5, 5.41) is 0.647. The van der Waals surface area contributed by atoms with Crippen molar-refractivity contribution in [3.8, 4) is 0 Å². The summed E-state index contributed by atoms with van der Waals surface area (Å²) in [5.74, 6) is -0.157. The molecule has 160 valence electrons. The lowest BCUT2D eigenvalue weighted by Crippen LogP contribution is -2.41. The smallest absolute Gasteiger partial charge is 0.329 e. The van der Waals surface area contributed by atoms with Crippen molar-refractivity contribution in [2.45, 2.75) is 39.0 Å². The lowest BCUT2D eigenvalue weighted by Gasteiger charge is -2.23. The number of ether oxygens (including phenoxy) is 1. The third kappa shape index (κ3) is 3.66. The van der Waals surface area contributed by atoms with Crippen molar-refractivity contribution in [3.63, 3.8) is 0 Å². The Balaban J connectivity index is 1.52. The highest BCUT2D eigenvalue weighted by Crippen LogP contribution is 2.30. The molecule has 7 nitrogen and oxygen atoms in total. The molecule has 0 radical (unpaired) electrons. The van der Waals surface area contributed by atoms with Crippen LogP contribution in [-0.2, 0) is 22.6 Å². The fourth-order valence-corrected chi connectivity index (χ4v) is 5.20. The summed E-state index contributed by atoms with van der Waals surface area (Å²) < 4.78 is 10.1. The van der Waals surface area contributed by atoms with Crippen LogP contribution in [0.1, 0.15) is 19.8 Å². The van der Waals surface area contributed by atoms with Crippen LogP contribution in [0.2, 0.25) is 0 Å². The number of rotatable bonds is 6. The SMILES string of the molecule is CCn1c(=O)n(CC(=O)N(C[C@@H]2CCCO2)c2nc3ccccc3s2)c2ccccc21.